The molecule has 1 heterocycles. The molecule has 136 valence electrons. The van der Waals surface area contributed by atoms with Gasteiger partial charge < -0.3 is 19.4 Å². The lowest BCUT2D eigenvalue weighted by molar-refractivity contribution is -0.463. The van der Waals surface area contributed by atoms with E-state index in [1.165, 1.54) is 0 Å². The highest BCUT2D eigenvalue weighted by Crippen LogP contribution is 2.21. The van der Waals surface area contributed by atoms with Gasteiger partial charge in [0.2, 0.25) is 0 Å². The molecule has 0 unspecified atom stereocenters. The number of nitrogens with one attached hydrogen (secondary N) is 1. The molecule has 0 aliphatic carbocycles. The molecule has 1 aromatic heterocycles. The lowest BCUT2D eigenvalue weighted by Crippen LogP contribution is -2.31. The van der Waals surface area contributed by atoms with Crippen LogP contribution < -0.4 is 5.32 Å². The maximum atomic E-state index is 10.5. The van der Waals surface area contributed by atoms with Gasteiger partial charge in [0.25, 0.3) is 6.54 Å². The molecule has 0 bridgehead atoms. The summed E-state index contributed by atoms with van der Waals surface area (Å²) in [5, 5.41) is 13.4. The van der Waals surface area contributed by atoms with E-state index in [0.29, 0.717) is 19.0 Å². The molecule has 1 aromatic rings. The molecule has 0 fully saturated rings. The van der Waals surface area contributed by atoms with Crippen molar-refractivity contribution in [3.63, 3.8) is 0 Å². The number of nitrogens with zero attached hydrogens (tertiary/aromatic N) is 3. The second-order valence-electron chi connectivity index (χ2n) is 5.47. The van der Waals surface area contributed by atoms with Gasteiger partial charge in [0, 0.05) is 36.9 Å². The van der Waals surface area contributed by atoms with Gasteiger partial charge in [0.15, 0.2) is 5.84 Å². The first kappa shape index (κ1) is 20.5. The van der Waals surface area contributed by atoms with Crippen molar-refractivity contribution < 1.29 is 14.1 Å². The van der Waals surface area contributed by atoms with Crippen LogP contribution in [0.3, 0.4) is 0 Å². The van der Waals surface area contributed by atoms with Gasteiger partial charge in [0.05, 0.1) is 18.9 Å². The minimum absolute atomic E-state index is 0.270. The minimum atomic E-state index is -0.394. The standard InChI is InChI=1S/C15H26N4O4S/c1-16-15(9-19(20)21)17-5-6-24-11-13-7-12(10-22-4)14(23-13)8-18(2)3/h7H,5-6,8-11H2,1-4H3,(H,16,17). The Kier molecular flexibility index (Phi) is 9.43. The maximum Gasteiger partial charge on any atom is 0.259 e. The number of thioether (sulfide) groups is 1. The van der Waals surface area contributed by atoms with Crippen LogP contribution in [0, 0.1) is 10.1 Å². The fourth-order valence-corrected chi connectivity index (χ4v) is 2.80. The fraction of sp³-hybridized carbons (Fsp3) is 0.667. The summed E-state index contributed by atoms with van der Waals surface area (Å²) in [6, 6.07) is 2.04. The summed E-state index contributed by atoms with van der Waals surface area (Å²) in [7, 11) is 7.21. The Morgan fingerprint density at radius 1 is 1.54 bits per heavy atom. The Morgan fingerprint density at radius 2 is 2.29 bits per heavy atom. The van der Waals surface area contributed by atoms with Crippen LogP contribution in [0.25, 0.3) is 0 Å². The molecular weight excluding hydrogens is 332 g/mol. The highest BCUT2D eigenvalue weighted by atomic mass is 32.2. The number of nitro groups is 1. The maximum absolute atomic E-state index is 10.5. The summed E-state index contributed by atoms with van der Waals surface area (Å²) in [4.78, 5) is 16.0. The van der Waals surface area contributed by atoms with E-state index in [1.807, 2.05) is 20.2 Å². The SMILES string of the molecule is CN=C(C[N+](=O)[O-])NCCSCc1cc(COC)c(CN(C)C)o1. The van der Waals surface area contributed by atoms with Gasteiger partial charge in [-0.15, -0.1) is 0 Å². The molecule has 0 aliphatic rings. The van der Waals surface area contributed by atoms with E-state index in [1.54, 1.807) is 25.9 Å². The summed E-state index contributed by atoms with van der Waals surface area (Å²) in [5.74, 6) is 3.80. The zero-order valence-electron chi connectivity index (χ0n) is 14.7. The van der Waals surface area contributed by atoms with Crippen LogP contribution in [-0.4, -0.2) is 62.8 Å². The van der Waals surface area contributed by atoms with Crippen molar-refractivity contribution in [1.29, 1.82) is 0 Å². The molecule has 0 aromatic carbocycles. The van der Waals surface area contributed by atoms with Gasteiger partial charge in [-0.2, -0.15) is 11.8 Å². The van der Waals surface area contributed by atoms with E-state index in [0.717, 1.165) is 35.1 Å². The van der Waals surface area contributed by atoms with Crippen molar-refractivity contribution in [2.75, 3.05) is 47.1 Å². The van der Waals surface area contributed by atoms with E-state index < -0.39 is 4.92 Å². The second kappa shape index (κ2) is 11.1. The Balaban J connectivity index is 2.40. The van der Waals surface area contributed by atoms with E-state index >= 15 is 0 Å². The molecule has 9 heteroatoms. The van der Waals surface area contributed by atoms with E-state index in [2.05, 4.69) is 15.2 Å². The predicted molar refractivity (Wildman–Crippen MR) is 96.2 cm³/mol. The summed E-state index contributed by atoms with van der Waals surface area (Å²) in [5.41, 5.74) is 1.08. The van der Waals surface area contributed by atoms with Crippen molar-refractivity contribution in [3.8, 4) is 0 Å². The number of aliphatic imine (C=N–C) groups is 1. The molecular formula is C15H26N4O4S. The van der Waals surface area contributed by atoms with Gasteiger partial charge in [0.1, 0.15) is 11.5 Å². The average Bonchev–Trinajstić information content (AvgIpc) is 2.86. The van der Waals surface area contributed by atoms with Crippen molar-refractivity contribution in [3.05, 3.63) is 33.3 Å². The van der Waals surface area contributed by atoms with E-state index in [9.17, 15) is 10.1 Å². The number of furan rings is 1. The zero-order valence-corrected chi connectivity index (χ0v) is 15.5. The van der Waals surface area contributed by atoms with Gasteiger partial charge in [-0.3, -0.25) is 15.1 Å². The fourth-order valence-electron chi connectivity index (χ4n) is 2.07. The third-order valence-corrected chi connectivity index (χ3v) is 4.06. The van der Waals surface area contributed by atoms with E-state index in [-0.39, 0.29) is 6.54 Å². The summed E-state index contributed by atoms with van der Waals surface area (Å²) in [6.45, 7) is 1.63. The molecule has 1 N–H and O–H groups in total. The lowest BCUT2D eigenvalue weighted by Gasteiger charge is -2.08. The number of methoxy groups -OCH3 is 1. The molecule has 0 spiro atoms. The molecule has 1 rings (SSSR count). The van der Waals surface area contributed by atoms with Gasteiger partial charge in [-0.05, 0) is 20.2 Å². The van der Waals surface area contributed by atoms with Crippen molar-refractivity contribution in [2.45, 2.75) is 18.9 Å². The van der Waals surface area contributed by atoms with Crippen LogP contribution in [0.1, 0.15) is 17.1 Å². The third kappa shape index (κ3) is 7.80. The van der Waals surface area contributed by atoms with Gasteiger partial charge in [-0.1, -0.05) is 0 Å². The lowest BCUT2D eigenvalue weighted by atomic mass is 10.2. The minimum Gasteiger partial charge on any atom is -0.463 e. The Morgan fingerprint density at radius 3 is 2.88 bits per heavy atom. The van der Waals surface area contributed by atoms with Crippen molar-refractivity contribution in [1.82, 2.24) is 10.2 Å². The number of rotatable bonds is 11. The number of amidine groups is 1. The van der Waals surface area contributed by atoms with Crippen LogP contribution >= 0.6 is 11.8 Å². The number of hydrogen-bond acceptors (Lipinski definition) is 7. The summed E-state index contributed by atoms with van der Waals surface area (Å²) >= 11 is 1.70. The monoisotopic (exact) mass is 358 g/mol. The third-order valence-electron chi connectivity index (χ3n) is 3.08. The van der Waals surface area contributed by atoms with Crippen LogP contribution in [0.4, 0.5) is 0 Å². The average molecular weight is 358 g/mol. The first-order valence-corrected chi connectivity index (χ1v) is 8.75. The first-order chi connectivity index (χ1) is 11.5. The molecule has 8 nitrogen and oxygen atoms in total. The van der Waals surface area contributed by atoms with Crippen LogP contribution in [-0.2, 0) is 23.6 Å². The van der Waals surface area contributed by atoms with Crippen LogP contribution in [0.15, 0.2) is 15.5 Å². The zero-order chi connectivity index (χ0) is 17.9. The topological polar surface area (TPSA) is 93.1 Å². The van der Waals surface area contributed by atoms with E-state index in [4.69, 9.17) is 9.15 Å². The Hall–Kier alpha value is -1.58. The largest absolute Gasteiger partial charge is 0.463 e. The van der Waals surface area contributed by atoms with Crippen molar-refractivity contribution in [2.24, 2.45) is 4.99 Å². The molecule has 0 saturated heterocycles. The van der Waals surface area contributed by atoms with Crippen LogP contribution in [0.5, 0.6) is 0 Å². The molecule has 0 radical (unpaired) electrons. The Labute approximate surface area is 146 Å². The molecule has 0 aliphatic heterocycles. The second-order valence-corrected chi connectivity index (χ2v) is 6.58. The number of ether oxygens (including phenoxy) is 1. The molecule has 0 amide bonds. The molecule has 0 saturated carbocycles. The summed E-state index contributed by atoms with van der Waals surface area (Å²) < 4.78 is 11.1. The van der Waals surface area contributed by atoms with Crippen LogP contribution in [0.2, 0.25) is 0 Å². The molecule has 24 heavy (non-hydrogen) atoms. The van der Waals surface area contributed by atoms with Gasteiger partial charge in [-0.25, -0.2) is 0 Å². The van der Waals surface area contributed by atoms with Gasteiger partial charge >= 0.3 is 0 Å². The number of hydrogen-bond donors (Lipinski definition) is 1. The highest BCUT2D eigenvalue weighted by molar-refractivity contribution is 7.98. The Bertz CT molecular complexity index is 546. The highest BCUT2D eigenvalue weighted by Gasteiger charge is 2.12. The molecule has 0 atom stereocenters. The smallest absolute Gasteiger partial charge is 0.259 e. The van der Waals surface area contributed by atoms with Crippen molar-refractivity contribution >= 4 is 17.6 Å². The first-order valence-electron chi connectivity index (χ1n) is 7.59. The predicted octanol–water partition coefficient (Wildman–Crippen LogP) is 1.62. The quantitative estimate of drug-likeness (QED) is 0.211. The normalized spacial score (nSPS) is 12.0. The summed E-state index contributed by atoms with van der Waals surface area (Å²) in [6.07, 6.45) is 0.